The van der Waals surface area contributed by atoms with Crippen LogP contribution in [0.2, 0.25) is 0 Å². The zero-order valence-electron chi connectivity index (χ0n) is 19.0. The van der Waals surface area contributed by atoms with E-state index >= 15 is 0 Å². The number of halogens is 1. The van der Waals surface area contributed by atoms with Crippen LogP contribution in [0.25, 0.3) is 5.57 Å². The van der Waals surface area contributed by atoms with Crippen molar-refractivity contribution in [2.45, 2.75) is 46.2 Å². The van der Waals surface area contributed by atoms with Gasteiger partial charge in [0.1, 0.15) is 18.8 Å². The first-order chi connectivity index (χ1) is 15.7. The molecule has 1 aliphatic carbocycles. The van der Waals surface area contributed by atoms with E-state index in [0.29, 0.717) is 29.3 Å². The third-order valence-electron chi connectivity index (χ3n) is 5.95. The van der Waals surface area contributed by atoms with E-state index in [4.69, 9.17) is 4.74 Å². The lowest BCUT2D eigenvalue weighted by Gasteiger charge is -2.23. The fourth-order valence-electron chi connectivity index (χ4n) is 3.91. The average Bonchev–Trinajstić information content (AvgIpc) is 3.17. The number of allylic oxidation sites excluding steroid dienone is 3. The van der Waals surface area contributed by atoms with Crippen LogP contribution in [-0.2, 0) is 9.53 Å². The Morgan fingerprint density at radius 3 is 2.67 bits per heavy atom. The second kappa shape index (κ2) is 9.09. The Morgan fingerprint density at radius 2 is 1.97 bits per heavy atom. The second-order valence-corrected chi connectivity index (χ2v) is 8.62. The standard InChI is InChI=1S/C24H26FN5O3/c1-13(2)20-11-33-24(32)30(20)23-27-12-26-22(29-23)28-15(4)16-5-7-18(21(31)10-16)17-6-8-19(25)14(3)9-17/h5-9,12-13,15,20H,10-11H2,1-4H3,(H,26,27,28,29)/t15-,20+/m0/s1. The molecule has 0 spiro atoms. The maximum absolute atomic E-state index is 13.6. The molecule has 0 saturated carbocycles. The Morgan fingerprint density at radius 1 is 1.18 bits per heavy atom. The topological polar surface area (TPSA) is 97.3 Å². The smallest absolute Gasteiger partial charge is 0.417 e. The summed E-state index contributed by atoms with van der Waals surface area (Å²) in [4.78, 5) is 39.2. The van der Waals surface area contributed by atoms with Gasteiger partial charge in [-0.25, -0.2) is 24.1 Å². The van der Waals surface area contributed by atoms with Crippen LogP contribution >= 0.6 is 0 Å². The predicted molar refractivity (Wildman–Crippen MR) is 122 cm³/mol. The Labute approximate surface area is 191 Å². The lowest BCUT2D eigenvalue weighted by atomic mass is 9.89. The van der Waals surface area contributed by atoms with Gasteiger partial charge < -0.3 is 10.1 Å². The number of nitrogens with zero attached hydrogens (tertiary/aromatic N) is 4. The number of Topliss-reactive ketones (excluding diaryl/α,β-unsaturated/α-hetero) is 1. The first kappa shape index (κ1) is 22.6. The minimum atomic E-state index is -0.479. The molecular weight excluding hydrogens is 425 g/mol. The SMILES string of the molecule is Cc1cc(C2=CC=C([C@H](C)Nc3ncnc(N4C(=O)OC[C@@H]4C(C)C)n3)CC2=O)ccc1F. The summed E-state index contributed by atoms with van der Waals surface area (Å²) in [5.41, 5.74) is 2.63. The van der Waals surface area contributed by atoms with Gasteiger partial charge in [0.25, 0.3) is 0 Å². The summed E-state index contributed by atoms with van der Waals surface area (Å²) in [6.45, 7) is 7.88. The average molecular weight is 452 g/mol. The minimum absolute atomic E-state index is 0.0388. The number of anilines is 2. The van der Waals surface area contributed by atoms with Crippen LogP contribution in [0.15, 0.2) is 42.3 Å². The van der Waals surface area contributed by atoms with Gasteiger partial charge in [0, 0.05) is 18.0 Å². The van der Waals surface area contributed by atoms with Crippen LogP contribution in [0.5, 0.6) is 0 Å². The molecule has 0 unspecified atom stereocenters. The second-order valence-electron chi connectivity index (χ2n) is 8.62. The van der Waals surface area contributed by atoms with Crippen LogP contribution in [-0.4, -0.2) is 45.5 Å². The van der Waals surface area contributed by atoms with Crippen molar-refractivity contribution in [3.63, 3.8) is 0 Å². The van der Waals surface area contributed by atoms with Crippen LogP contribution in [0, 0.1) is 18.7 Å². The highest BCUT2D eigenvalue weighted by molar-refractivity contribution is 6.22. The molecule has 2 aliphatic rings. The molecule has 0 radical (unpaired) electrons. The molecule has 1 aromatic carbocycles. The van der Waals surface area contributed by atoms with Crippen molar-refractivity contribution in [3.8, 4) is 0 Å². The Balaban J connectivity index is 1.51. The van der Waals surface area contributed by atoms with Gasteiger partial charge in [-0.1, -0.05) is 32.1 Å². The molecule has 2 aromatic rings. The number of carbonyl (C=O) groups is 2. The highest BCUT2D eigenvalue weighted by atomic mass is 19.1. The molecule has 1 aromatic heterocycles. The van der Waals surface area contributed by atoms with E-state index in [9.17, 15) is 14.0 Å². The Kier molecular flexibility index (Phi) is 6.22. The van der Waals surface area contributed by atoms with E-state index in [1.807, 2.05) is 26.8 Å². The molecule has 2 heterocycles. The van der Waals surface area contributed by atoms with E-state index in [0.717, 1.165) is 5.57 Å². The highest BCUT2D eigenvalue weighted by Crippen LogP contribution is 2.28. The fraction of sp³-hybridized carbons (Fsp3) is 0.375. The van der Waals surface area contributed by atoms with E-state index in [1.54, 1.807) is 25.1 Å². The summed E-state index contributed by atoms with van der Waals surface area (Å²) < 4.78 is 18.8. The third kappa shape index (κ3) is 4.62. The van der Waals surface area contributed by atoms with E-state index < -0.39 is 6.09 Å². The summed E-state index contributed by atoms with van der Waals surface area (Å²) in [6.07, 6.45) is 4.74. The number of ketones is 1. The molecule has 0 bridgehead atoms. The molecular formula is C24H26FN5O3. The predicted octanol–water partition coefficient (Wildman–Crippen LogP) is 4.08. The molecule has 33 heavy (non-hydrogen) atoms. The number of amides is 1. The van der Waals surface area contributed by atoms with Gasteiger partial charge in [-0.15, -0.1) is 0 Å². The number of aryl methyl sites for hydroxylation is 1. The van der Waals surface area contributed by atoms with Crippen LogP contribution < -0.4 is 10.2 Å². The molecule has 1 amide bonds. The number of cyclic esters (lactones) is 1. The van der Waals surface area contributed by atoms with Gasteiger partial charge in [-0.2, -0.15) is 4.98 Å². The van der Waals surface area contributed by atoms with Crippen molar-refractivity contribution in [3.05, 3.63) is 59.2 Å². The number of hydrogen-bond donors (Lipinski definition) is 1. The van der Waals surface area contributed by atoms with E-state index in [-0.39, 0.29) is 42.0 Å². The van der Waals surface area contributed by atoms with Gasteiger partial charge in [-0.05, 0) is 48.6 Å². The normalized spacial score (nSPS) is 19.3. The summed E-state index contributed by atoms with van der Waals surface area (Å²) in [6, 6.07) is 4.29. The number of rotatable bonds is 6. The van der Waals surface area contributed by atoms with Gasteiger partial charge in [0.05, 0.1) is 6.04 Å². The molecule has 1 fully saturated rings. The van der Waals surface area contributed by atoms with Crippen molar-refractivity contribution in [1.82, 2.24) is 15.0 Å². The number of benzene rings is 1. The number of carbonyl (C=O) groups excluding carboxylic acids is 2. The van der Waals surface area contributed by atoms with Crippen molar-refractivity contribution in [1.29, 1.82) is 0 Å². The maximum atomic E-state index is 13.6. The van der Waals surface area contributed by atoms with Crippen LogP contribution in [0.4, 0.5) is 21.1 Å². The molecule has 1 saturated heterocycles. The van der Waals surface area contributed by atoms with E-state index in [2.05, 4.69) is 20.3 Å². The number of hydrogen-bond acceptors (Lipinski definition) is 7. The van der Waals surface area contributed by atoms with E-state index in [1.165, 1.54) is 17.3 Å². The summed E-state index contributed by atoms with van der Waals surface area (Å²) >= 11 is 0. The summed E-state index contributed by atoms with van der Waals surface area (Å²) in [5, 5.41) is 3.19. The van der Waals surface area contributed by atoms with Gasteiger partial charge in [0.15, 0.2) is 5.78 Å². The first-order valence-corrected chi connectivity index (χ1v) is 10.9. The Hall–Kier alpha value is -3.62. The highest BCUT2D eigenvalue weighted by Gasteiger charge is 2.38. The molecule has 1 aliphatic heterocycles. The molecule has 4 rings (SSSR count). The third-order valence-corrected chi connectivity index (χ3v) is 5.95. The molecule has 9 heteroatoms. The quantitative estimate of drug-likeness (QED) is 0.707. The lowest BCUT2D eigenvalue weighted by molar-refractivity contribution is -0.113. The Bertz CT molecular complexity index is 1160. The lowest BCUT2D eigenvalue weighted by Crippen LogP contribution is -2.38. The zero-order chi connectivity index (χ0) is 23.7. The first-order valence-electron chi connectivity index (χ1n) is 10.9. The molecule has 172 valence electrons. The van der Waals surface area contributed by atoms with Crippen molar-refractivity contribution < 1.29 is 18.7 Å². The van der Waals surface area contributed by atoms with Crippen LogP contribution in [0.3, 0.4) is 0 Å². The number of nitrogens with one attached hydrogen (secondary N) is 1. The molecule has 1 N–H and O–H groups in total. The van der Waals surface area contributed by atoms with Crippen molar-refractivity contribution in [2.24, 2.45) is 5.92 Å². The maximum Gasteiger partial charge on any atom is 0.417 e. The largest absolute Gasteiger partial charge is 0.447 e. The fourth-order valence-corrected chi connectivity index (χ4v) is 3.91. The van der Waals surface area contributed by atoms with Gasteiger partial charge in [-0.3, -0.25) is 4.79 Å². The molecule has 2 atom stereocenters. The van der Waals surface area contributed by atoms with Gasteiger partial charge in [0.2, 0.25) is 11.9 Å². The monoisotopic (exact) mass is 451 g/mol. The van der Waals surface area contributed by atoms with Gasteiger partial charge >= 0.3 is 6.09 Å². The summed E-state index contributed by atoms with van der Waals surface area (Å²) in [7, 11) is 0. The van der Waals surface area contributed by atoms with Crippen molar-refractivity contribution >= 4 is 29.3 Å². The van der Waals surface area contributed by atoms with Crippen LogP contribution in [0.1, 0.15) is 38.3 Å². The summed E-state index contributed by atoms with van der Waals surface area (Å²) in [5.74, 6) is 0.363. The van der Waals surface area contributed by atoms with Crippen molar-refractivity contribution in [2.75, 3.05) is 16.8 Å². The number of ether oxygens (including phenoxy) is 1. The zero-order valence-corrected chi connectivity index (χ0v) is 19.0. The molecule has 8 nitrogen and oxygen atoms in total. The minimum Gasteiger partial charge on any atom is -0.447 e. The number of aromatic nitrogens is 3.